The average Bonchev–Trinajstić information content (AvgIpc) is 3.70. The minimum atomic E-state index is -1.26. The van der Waals surface area contributed by atoms with Crippen molar-refractivity contribution in [3.63, 3.8) is 0 Å². The third-order valence-electron chi connectivity index (χ3n) is 9.19. The van der Waals surface area contributed by atoms with Crippen molar-refractivity contribution in [2.24, 2.45) is 10.9 Å². The lowest BCUT2D eigenvalue weighted by atomic mass is 9.71. The summed E-state index contributed by atoms with van der Waals surface area (Å²) >= 11 is 0. The number of aliphatic hydroxyl groups excluding tert-OH is 2. The Labute approximate surface area is 265 Å². The lowest BCUT2D eigenvalue weighted by Crippen LogP contribution is -2.39. The number of aliphatic hydroxyl groups is 3. The van der Waals surface area contributed by atoms with Gasteiger partial charge in [0.1, 0.15) is 29.1 Å². The monoisotopic (exact) mass is 631 g/mol. The van der Waals surface area contributed by atoms with E-state index in [2.05, 4.69) is 4.99 Å². The molecule has 0 amide bonds. The van der Waals surface area contributed by atoms with Crippen molar-refractivity contribution in [1.29, 1.82) is 0 Å². The number of benzene rings is 2. The van der Waals surface area contributed by atoms with Crippen molar-refractivity contribution in [3.8, 4) is 17.2 Å². The zero-order valence-corrected chi connectivity index (χ0v) is 26.2. The number of ketones is 1. The fourth-order valence-corrected chi connectivity index (χ4v) is 6.92. The van der Waals surface area contributed by atoms with Gasteiger partial charge in [-0.1, -0.05) is 17.7 Å². The van der Waals surface area contributed by atoms with Gasteiger partial charge in [0.05, 0.1) is 61.1 Å². The van der Waals surface area contributed by atoms with Crippen LogP contribution in [0.4, 0.5) is 0 Å². The number of ether oxygens (including phenoxy) is 4. The minimum absolute atomic E-state index is 0.0120. The quantitative estimate of drug-likeness (QED) is 0.288. The molecule has 0 spiro atoms. The van der Waals surface area contributed by atoms with E-state index in [9.17, 15) is 29.7 Å². The third kappa shape index (κ3) is 5.12. The van der Waals surface area contributed by atoms with Crippen molar-refractivity contribution >= 4 is 29.7 Å². The summed E-state index contributed by atoms with van der Waals surface area (Å²) in [4.78, 5) is 44.4. The van der Waals surface area contributed by atoms with Crippen LogP contribution in [-0.4, -0.2) is 71.9 Å². The molecule has 2 aromatic rings. The molecule has 0 bridgehead atoms. The smallest absolute Gasteiger partial charge is 0.375 e. The molecule has 1 aliphatic carbocycles. The van der Waals surface area contributed by atoms with E-state index >= 15 is 0 Å². The first kappa shape index (κ1) is 31.7. The maximum absolute atomic E-state index is 13.8. The predicted molar refractivity (Wildman–Crippen MR) is 165 cm³/mol. The highest BCUT2D eigenvalue weighted by Crippen LogP contribution is 2.56. The number of allylic oxidation sites excluding steroid dienone is 3. The fraction of sp³-hybridized carbons (Fsp3) is 0.429. The molecule has 1 fully saturated rings. The highest BCUT2D eigenvalue weighted by molar-refractivity contribution is 6.11. The molecule has 0 saturated heterocycles. The lowest BCUT2D eigenvalue weighted by Gasteiger charge is -2.34. The molecule has 3 N–H and O–H groups in total. The van der Waals surface area contributed by atoms with Crippen LogP contribution < -0.4 is 24.8 Å². The Balaban J connectivity index is 1.64. The number of carbonyl (C=O) groups excluding carboxylic acids is 3. The summed E-state index contributed by atoms with van der Waals surface area (Å²) in [5, 5.41) is 33.7. The standard InChI is InChI=1S/C35H37NO10/c1-5-44-34(41)33-23(15-38)27(19-11-20(14-37)29(40)21(12-19)17-6-7-25-18(10-17)8-9-36-25)28-31(43-4)22-13-26(35(2,3)42)45-30(22)24(16-39)32(28)46-33/h6-8,10,15,20-21,26,37,39,42H,5,9,11-14,16H2,1-4H3/b27-19-/t20-,21-,26-/m0/s1. The van der Waals surface area contributed by atoms with Crippen LogP contribution in [0.25, 0.3) is 11.6 Å². The predicted octanol–water partition coefficient (Wildman–Crippen LogP) is 1.59. The first-order chi connectivity index (χ1) is 22.1. The van der Waals surface area contributed by atoms with Crippen LogP contribution in [0.2, 0.25) is 0 Å². The number of hydrogen-bond donors (Lipinski definition) is 3. The van der Waals surface area contributed by atoms with E-state index in [1.54, 1.807) is 20.8 Å². The summed E-state index contributed by atoms with van der Waals surface area (Å²) < 4.78 is 23.5. The van der Waals surface area contributed by atoms with Gasteiger partial charge in [0.15, 0.2) is 6.29 Å². The Bertz CT molecular complexity index is 1830. The van der Waals surface area contributed by atoms with Crippen LogP contribution in [-0.2, 0) is 32.1 Å². The van der Waals surface area contributed by atoms with Crippen molar-refractivity contribution < 1.29 is 48.7 Å². The molecule has 0 unspecified atom stereocenters. The van der Waals surface area contributed by atoms with Gasteiger partial charge < -0.3 is 34.3 Å². The van der Waals surface area contributed by atoms with Gasteiger partial charge in [-0.15, -0.1) is 0 Å². The summed E-state index contributed by atoms with van der Waals surface area (Å²) in [5.41, 5.74) is 1.44. The molecule has 46 heavy (non-hydrogen) atoms. The first-order valence-corrected chi connectivity index (χ1v) is 15.4. The highest BCUT2D eigenvalue weighted by atomic mass is 16.6. The van der Waals surface area contributed by atoms with E-state index in [1.165, 1.54) is 7.11 Å². The number of fused-ring (bicyclic) bond motifs is 3. The van der Waals surface area contributed by atoms with Gasteiger partial charge in [0.2, 0.25) is 5.76 Å². The number of hydrogen-bond acceptors (Lipinski definition) is 11. The van der Waals surface area contributed by atoms with Crippen LogP contribution in [0.3, 0.4) is 0 Å². The Morgan fingerprint density at radius 2 is 1.96 bits per heavy atom. The van der Waals surface area contributed by atoms with Crippen LogP contribution in [0.15, 0.2) is 40.1 Å². The van der Waals surface area contributed by atoms with Crippen LogP contribution in [0, 0.1) is 5.92 Å². The minimum Gasteiger partial charge on any atom is -0.496 e. The summed E-state index contributed by atoms with van der Waals surface area (Å²) in [5.74, 6) is -2.22. The Morgan fingerprint density at radius 1 is 1.17 bits per heavy atom. The van der Waals surface area contributed by atoms with Gasteiger partial charge in [-0.25, -0.2) is 4.79 Å². The number of methoxy groups -OCH3 is 1. The second-order valence-corrected chi connectivity index (χ2v) is 12.4. The van der Waals surface area contributed by atoms with E-state index in [0.717, 1.165) is 16.1 Å². The molecular formula is C35H37NO10. The Morgan fingerprint density at radius 3 is 2.61 bits per heavy atom. The second kappa shape index (κ2) is 12.1. The van der Waals surface area contributed by atoms with Crippen molar-refractivity contribution in [3.05, 3.63) is 67.9 Å². The van der Waals surface area contributed by atoms with Gasteiger partial charge in [-0.3, -0.25) is 14.6 Å². The average molecular weight is 632 g/mol. The zero-order valence-electron chi connectivity index (χ0n) is 26.2. The Kier molecular flexibility index (Phi) is 8.34. The van der Waals surface area contributed by atoms with Gasteiger partial charge in [-0.05, 0) is 56.5 Å². The molecule has 11 nitrogen and oxygen atoms in total. The molecule has 0 aromatic heterocycles. The summed E-state index contributed by atoms with van der Waals surface area (Å²) in [7, 11) is 1.45. The van der Waals surface area contributed by atoms with Gasteiger partial charge in [-0.2, -0.15) is 0 Å². The Hall–Kier alpha value is -4.32. The van der Waals surface area contributed by atoms with Crippen molar-refractivity contribution in [2.45, 2.75) is 64.3 Å². The van der Waals surface area contributed by atoms with Gasteiger partial charge >= 0.3 is 5.97 Å². The number of rotatable bonds is 8. The molecule has 3 heterocycles. The third-order valence-corrected chi connectivity index (χ3v) is 9.19. The van der Waals surface area contributed by atoms with Crippen LogP contribution in [0.1, 0.15) is 61.8 Å². The number of carbonyl (C=O) groups is 3. The van der Waals surface area contributed by atoms with E-state index in [-0.39, 0.29) is 60.0 Å². The molecule has 1 saturated carbocycles. The van der Waals surface area contributed by atoms with Crippen LogP contribution in [0.5, 0.6) is 17.2 Å². The SMILES string of the molecule is CCOC(=O)C1=C(C=O)/C(=C2\C[C@@H](CO)C(=O)[C@H](c3ccc4c(c3)=CCN=4)C2)c2c(OC)c3c(c(CO)c2O1)O[C@H](C(C)(C)O)C3. The van der Waals surface area contributed by atoms with Gasteiger partial charge in [0, 0.05) is 29.4 Å². The molecule has 4 aliphatic rings. The fourth-order valence-electron chi connectivity index (χ4n) is 6.92. The zero-order chi connectivity index (χ0) is 32.9. The molecule has 11 heteroatoms. The normalized spacial score (nSPS) is 23.4. The van der Waals surface area contributed by atoms with E-state index < -0.39 is 42.7 Å². The molecular weight excluding hydrogens is 594 g/mol. The van der Waals surface area contributed by atoms with Crippen molar-refractivity contribution in [2.75, 3.05) is 26.9 Å². The number of esters is 1. The van der Waals surface area contributed by atoms with E-state index in [4.69, 9.17) is 18.9 Å². The topological polar surface area (TPSA) is 161 Å². The second-order valence-electron chi connectivity index (χ2n) is 12.4. The molecule has 242 valence electrons. The van der Waals surface area contributed by atoms with Gasteiger partial charge in [0.25, 0.3) is 0 Å². The first-order valence-electron chi connectivity index (χ1n) is 15.4. The summed E-state index contributed by atoms with van der Waals surface area (Å²) in [6.45, 7) is 4.45. The van der Waals surface area contributed by atoms with Crippen LogP contribution >= 0.6 is 0 Å². The molecule has 0 radical (unpaired) electrons. The molecule has 6 rings (SSSR count). The van der Waals surface area contributed by atoms with E-state index in [1.807, 2.05) is 24.3 Å². The molecule has 3 atom stereocenters. The maximum atomic E-state index is 13.8. The number of nitrogens with zero attached hydrogens (tertiary/aromatic N) is 1. The summed E-state index contributed by atoms with van der Waals surface area (Å²) in [6, 6.07) is 5.66. The molecule has 3 aliphatic heterocycles. The maximum Gasteiger partial charge on any atom is 0.375 e. The van der Waals surface area contributed by atoms with E-state index in [0.29, 0.717) is 40.9 Å². The van der Waals surface area contributed by atoms with Crippen molar-refractivity contribution in [1.82, 2.24) is 0 Å². The summed E-state index contributed by atoms with van der Waals surface area (Å²) in [6.07, 6.45) is 2.33. The highest BCUT2D eigenvalue weighted by Gasteiger charge is 2.45. The lowest BCUT2D eigenvalue weighted by molar-refractivity contribution is -0.141. The number of Topliss-reactive ketones (excluding diaryl/α,β-unsaturated/α-hetero) is 1. The number of aldehydes is 1. The largest absolute Gasteiger partial charge is 0.496 e. The molecule has 2 aromatic carbocycles.